The van der Waals surface area contributed by atoms with Crippen molar-refractivity contribution in [1.82, 2.24) is 0 Å². The second-order valence-corrected chi connectivity index (χ2v) is 7.49. The van der Waals surface area contributed by atoms with Crippen molar-refractivity contribution >= 4 is 34.7 Å². The van der Waals surface area contributed by atoms with Gasteiger partial charge in [-0.3, -0.25) is 9.59 Å². The predicted molar refractivity (Wildman–Crippen MR) is 110 cm³/mol. The van der Waals surface area contributed by atoms with Gasteiger partial charge >= 0.3 is 5.97 Å². The van der Waals surface area contributed by atoms with E-state index in [1.54, 1.807) is 12.1 Å². The van der Waals surface area contributed by atoms with Crippen LogP contribution in [0, 0.1) is 6.92 Å². The highest BCUT2D eigenvalue weighted by atomic mass is 32.1. The molecule has 0 saturated heterocycles. The molecule has 1 aliphatic rings. The van der Waals surface area contributed by atoms with E-state index in [1.807, 2.05) is 42.6 Å². The second kappa shape index (κ2) is 7.89. The molecule has 29 heavy (non-hydrogen) atoms. The molecule has 1 N–H and O–H groups in total. The maximum atomic E-state index is 12.5. The number of anilines is 1. The Hall–Kier alpha value is -3.45. The number of thiophene rings is 1. The Bertz CT molecular complexity index is 1100. The molecule has 7 heteroatoms. The van der Waals surface area contributed by atoms with Crippen LogP contribution in [0.25, 0.3) is 11.1 Å². The van der Waals surface area contributed by atoms with Crippen molar-refractivity contribution in [3.05, 3.63) is 69.9 Å². The summed E-state index contributed by atoms with van der Waals surface area (Å²) < 4.78 is 10.5. The van der Waals surface area contributed by atoms with Gasteiger partial charge < -0.3 is 14.8 Å². The third-order valence-corrected chi connectivity index (χ3v) is 5.38. The summed E-state index contributed by atoms with van der Waals surface area (Å²) >= 11 is 1.27. The van der Waals surface area contributed by atoms with E-state index in [1.165, 1.54) is 17.4 Å². The standard InChI is InChI=1S/C22H17NO5S/c1-13-2-4-14(5-3-13)16-8-9-29-21(16)22(26)28-11-18(24)15-6-7-19-17(10-15)23-20(25)12-27-19/h2-10H,11-12H2,1H3,(H,23,25). The van der Waals surface area contributed by atoms with Crippen LogP contribution in [0.1, 0.15) is 25.6 Å². The molecule has 6 nitrogen and oxygen atoms in total. The summed E-state index contributed by atoms with van der Waals surface area (Å²) in [5, 5.41) is 4.47. The molecular formula is C22H17NO5S. The average molecular weight is 407 g/mol. The fourth-order valence-corrected chi connectivity index (χ4v) is 3.77. The van der Waals surface area contributed by atoms with Gasteiger partial charge in [-0.2, -0.15) is 0 Å². The van der Waals surface area contributed by atoms with Crippen LogP contribution in [-0.4, -0.2) is 30.9 Å². The highest BCUT2D eigenvalue weighted by molar-refractivity contribution is 7.12. The number of ketones is 1. The summed E-state index contributed by atoms with van der Waals surface area (Å²) in [4.78, 5) is 36.9. The molecule has 0 bridgehead atoms. The van der Waals surface area contributed by atoms with Gasteiger partial charge in [0, 0.05) is 11.1 Å². The fourth-order valence-electron chi connectivity index (χ4n) is 2.96. The molecule has 1 aliphatic heterocycles. The zero-order valence-electron chi connectivity index (χ0n) is 15.6. The first-order valence-electron chi connectivity index (χ1n) is 8.93. The van der Waals surface area contributed by atoms with Crippen LogP contribution in [0.4, 0.5) is 5.69 Å². The Morgan fingerprint density at radius 2 is 1.93 bits per heavy atom. The number of fused-ring (bicyclic) bond motifs is 1. The summed E-state index contributed by atoms with van der Waals surface area (Å²) in [6, 6.07) is 14.4. The molecule has 4 rings (SSSR count). The van der Waals surface area contributed by atoms with Crippen LogP contribution in [-0.2, 0) is 9.53 Å². The molecule has 0 radical (unpaired) electrons. The lowest BCUT2D eigenvalue weighted by molar-refractivity contribution is -0.118. The van der Waals surface area contributed by atoms with E-state index < -0.39 is 12.6 Å². The second-order valence-electron chi connectivity index (χ2n) is 6.58. The smallest absolute Gasteiger partial charge is 0.349 e. The van der Waals surface area contributed by atoms with Crippen molar-refractivity contribution in [1.29, 1.82) is 0 Å². The number of rotatable bonds is 5. The van der Waals surface area contributed by atoms with Crippen molar-refractivity contribution in [2.24, 2.45) is 0 Å². The van der Waals surface area contributed by atoms with E-state index in [-0.39, 0.29) is 18.3 Å². The molecule has 2 aromatic carbocycles. The lowest BCUT2D eigenvalue weighted by atomic mass is 10.1. The maximum absolute atomic E-state index is 12.5. The largest absolute Gasteiger partial charge is 0.482 e. The molecule has 0 unspecified atom stereocenters. The van der Waals surface area contributed by atoms with Gasteiger partial charge in [0.15, 0.2) is 19.0 Å². The molecule has 3 aromatic rings. The number of benzene rings is 2. The Labute approximate surface area is 171 Å². The van der Waals surface area contributed by atoms with Gasteiger partial charge in [-0.1, -0.05) is 29.8 Å². The predicted octanol–water partition coefficient (Wildman–Crippen LogP) is 4.09. The molecule has 1 aromatic heterocycles. The molecule has 1 amide bonds. The monoisotopic (exact) mass is 407 g/mol. The SMILES string of the molecule is Cc1ccc(-c2ccsc2C(=O)OCC(=O)c2ccc3c(c2)NC(=O)CO3)cc1. The first-order valence-corrected chi connectivity index (χ1v) is 9.81. The Kier molecular flexibility index (Phi) is 5.14. The summed E-state index contributed by atoms with van der Waals surface area (Å²) in [5.41, 5.74) is 3.58. The number of carbonyl (C=O) groups is 3. The van der Waals surface area contributed by atoms with Gasteiger partial charge in [-0.15, -0.1) is 11.3 Å². The number of nitrogens with one attached hydrogen (secondary N) is 1. The van der Waals surface area contributed by atoms with Crippen LogP contribution in [0.15, 0.2) is 53.9 Å². The molecule has 0 saturated carbocycles. The van der Waals surface area contributed by atoms with Crippen molar-refractivity contribution in [2.45, 2.75) is 6.92 Å². The van der Waals surface area contributed by atoms with Gasteiger partial charge in [0.05, 0.1) is 5.69 Å². The van der Waals surface area contributed by atoms with Gasteiger partial charge in [0.2, 0.25) is 0 Å². The van der Waals surface area contributed by atoms with E-state index in [0.717, 1.165) is 16.7 Å². The highest BCUT2D eigenvalue weighted by Gasteiger charge is 2.20. The quantitative estimate of drug-likeness (QED) is 0.509. The molecular weight excluding hydrogens is 390 g/mol. The van der Waals surface area contributed by atoms with Gasteiger partial charge in [-0.25, -0.2) is 4.79 Å². The Morgan fingerprint density at radius 1 is 1.14 bits per heavy atom. The molecule has 0 fully saturated rings. The minimum absolute atomic E-state index is 0.0535. The van der Waals surface area contributed by atoms with E-state index in [2.05, 4.69) is 5.32 Å². The van der Waals surface area contributed by atoms with Crippen molar-refractivity contribution < 1.29 is 23.9 Å². The number of Topliss-reactive ketones (excluding diaryl/α,β-unsaturated/α-hetero) is 1. The minimum Gasteiger partial charge on any atom is -0.482 e. The number of hydrogen-bond acceptors (Lipinski definition) is 6. The maximum Gasteiger partial charge on any atom is 0.349 e. The molecule has 146 valence electrons. The van der Waals surface area contributed by atoms with Crippen LogP contribution in [0.3, 0.4) is 0 Å². The van der Waals surface area contributed by atoms with Crippen molar-refractivity contribution in [3.63, 3.8) is 0 Å². The summed E-state index contributed by atoms with van der Waals surface area (Å²) in [6.45, 7) is 1.55. The number of amides is 1. The fraction of sp³-hybridized carbons (Fsp3) is 0.136. The molecule has 0 spiro atoms. The molecule has 0 atom stereocenters. The average Bonchev–Trinajstić information content (AvgIpc) is 3.21. The normalized spacial score (nSPS) is 12.5. The summed E-state index contributed by atoms with van der Waals surface area (Å²) in [5.74, 6) is -0.692. The first-order chi connectivity index (χ1) is 14.0. The molecule has 0 aliphatic carbocycles. The number of esters is 1. The Balaban J connectivity index is 1.45. The van der Waals surface area contributed by atoms with Crippen LogP contribution < -0.4 is 10.1 Å². The van der Waals surface area contributed by atoms with E-state index in [4.69, 9.17) is 9.47 Å². The zero-order valence-corrected chi connectivity index (χ0v) is 16.4. The third-order valence-electron chi connectivity index (χ3n) is 4.48. The number of hydrogen-bond donors (Lipinski definition) is 1. The lowest BCUT2D eigenvalue weighted by Crippen LogP contribution is -2.25. The Morgan fingerprint density at radius 3 is 2.72 bits per heavy atom. The van der Waals surface area contributed by atoms with E-state index >= 15 is 0 Å². The van der Waals surface area contributed by atoms with Crippen molar-refractivity contribution in [3.8, 4) is 16.9 Å². The third kappa shape index (κ3) is 4.05. The van der Waals surface area contributed by atoms with Crippen molar-refractivity contribution in [2.75, 3.05) is 18.5 Å². The van der Waals surface area contributed by atoms with Crippen LogP contribution in [0.5, 0.6) is 5.75 Å². The van der Waals surface area contributed by atoms with E-state index in [9.17, 15) is 14.4 Å². The zero-order chi connectivity index (χ0) is 20.4. The summed E-state index contributed by atoms with van der Waals surface area (Å²) in [7, 11) is 0. The minimum atomic E-state index is -0.543. The number of ether oxygens (including phenoxy) is 2. The van der Waals surface area contributed by atoms with Crippen LogP contribution in [0.2, 0.25) is 0 Å². The molecule has 2 heterocycles. The summed E-state index contributed by atoms with van der Waals surface area (Å²) in [6.07, 6.45) is 0. The lowest BCUT2D eigenvalue weighted by Gasteiger charge is -2.18. The van der Waals surface area contributed by atoms with E-state index in [0.29, 0.717) is 21.9 Å². The topological polar surface area (TPSA) is 81.7 Å². The number of aryl methyl sites for hydroxylation is 1. The first kappa shape index (κ1) is 18.9. The van der Waals surface area contributed by atoms with Gasteiger partial charge in [0.25, 0.3) is 5.91 Å². The number of carbonyl (C=O) groups excluding carboxylic acids is 3. The highest BCUT2D eigenvalue weighted by Crippen LogP contribution is 2.30. The van der Waals surface area contributed by atoms with Gasteiger partial charge in [0.1, 0.15) is 10.6 Å². The van der Waals surface area contributed by atoms with Crippen LogP contribution >= 0.6 is 11.3 Å². The van der Waals surface area contributed by atoms with Gasteiger partial charge in [-0.05, 0) is 42.1 Å².